The van der Waals surface area contributed by atoms with Gasteiger partial charge in [-0.3, -0.25) is 4.79 Å². The zero-order valence-corrected chi connectivity index (χ0v) is 13.7. The van der Waals surface area contributed by atoms with E-state index in [1.54, 1.807) is 12.1 Å². The van der Waals surface area contributed by atoms with E-state index in [0.29, 0.717) is 11.4 Å². The van der Waals surface area contributed by atoms with E-state index in [-0.39, 0.29) is 5.91 Å². The Morgan fingerprint density at radius 1 is 1.33 bits per heavy atom. The Morgan fingerprint density at radius 2 is 2.10 bits per heavy atom. The number of hydrogen-bond acceptors (Lipinski definition) is 3. The van der Waals surface area contributed by atoms with Crippen LogP contribution in [0.3, 0.4) is 0 Å². The molecule has 0 spiro atoms. The topological polar surface area (TPSA) is 68.0 Å². The lowest BCUT2D eigenvalue weighted by molar-refractivity contribution is 0.102. The van der Waals surface area contributed by atoms with Crippen molar-refractivity contribution in [3.8, 4) is 0 Å². The fourth-order valence-corrected chi connectivity index (χ4v) is 2.38. The number of aryl methyl sites for hydroxylation is 2. The molecule has 0 radical (unpaired) electrons. The second kappa shape index (κ2) is 6.72. The SMILES string of the molecule is CCCc1cc(C(=O)Nc2ccc(C)c(Br)c2)cc(N)n1. The van der Waals surface area contributed by atoms with Crippen molar-refractivity contribution in [1.29, 1.82) is 0 Å². The molecule has 0 bridgehead atoms. The van der Waals surface area contributed by atoms with Crippen LogP contribution < -0.4 is 11.1 Å². The summed E-state index contributed by atoms with van der Waals surface area (Å²) in [5.74, 6) is 0.188. The summed E-state index contributed by atoms with van der Waals surface area (Å²) in [7, 11) is 0. The van der Waals surface area contributed by atoms with E-state index in [1.807, 2.05) is 25.1 Å². The fraction of sp³-hybridized carbons (Fsp3) is 0.250. The molecule has 1 aromatic carbocycles. The number of pyridine rings is 1. The minimum atomic E-state index is -0.183. The van der Waals surface area contributed by atoms with Gasteiger partial charge in [0.25, 0.3) is 5.91 Å². The average molecular weight is 348 g/mol. The Morgan fingerprint density at radius 3 is 2.76 bits per heavy atom. The summed E-state index contributed by atoms with van der Waals surface area (Å²) in [4.78, 5) is 16.5. The minimum absolute atomic E-state index is 0.183. The third kappa shape index (κ3) is 4.04. The van der Waals surface area contributed by atoms with Gasteiger partial charge in [0.2, 0.25) is 0 Å². The number of halogens is 1. The van der Waals surface area contributed by atoms with Crippen molar-refractivity contribution < 1.29 is 4.79 Å². The maximum Gasteiger partial charge on any atom is 0.255 e. The van der Waals surface area contributed by atoms with Crippen LogP contribution in [0.1, 0.15) is 35.0 Å². The zero-order chi connectivity index (χ0) is 15.4. The number of nitrogens with one attached hydrogen (secondary N) is 1. The number of nitrogens with zero attached hydrogens (tertiary/aromatic N) is 1. The number of aromatic nitrogens is 1. The van der Waals surface area contributed by atoms with E-state index in [2.05, 4.69) is 33.2 Å². The number of nitrogen functional groups attached to an aromatic ring is 1. The molecule has 1 amide bonds. The van der Waals surface area contributed by atoms with E-state index in [0.717, 1.165) is 34.3 Å². The number of hydrogen-bond donors (Lipinski definition) is 2. The van der Waals surface area contributed by atoms with Gasteiger partial charge in [0.15, 0.2) is 0 Å². The average Bonchev–Trinajstić information content (AvgIpc) is 2.42. The number of anilines is 2. The van der Waals surface area contributed by atoms with Gasteiger partial charge in [-0.15, -0.1) is 0 Å². The minimum Gasteiger partial charge on any atom is -0.384 e. The van der Waals surface area contributed by atoms with E-state index < -0.39 is 0 Å². The number of nitrogens with two attached hydrogens (primary N) is 1. The van der Waals surface area contributed by atoms with Gasteiger partial charge < -0.3 is 11.1 Å². The second-order valence-corrected chi connectivity index (χ2v) is 5.79. The first-order chi connectivity index (χ1) is 9.99. The molecule has 2 aromatic rings. The molecular weight excluding hydrogens is 330 g/mol. The van der Waals surface area contributed by atoms with Crippen LogP contribution in [-0.4, -0.2) is 10.9 Å². The number of amides is 1. The summed E-state index contributed by atoms with van der Waals surface area (Å²) in [5, 5.41) is 2.87. The lowest BCUT2D eigenvalue weighted by Gasteiger charge is -2.09. The third-order valence-electron chi connectivity index (χ3n) is 3.10. The van der Waals surface area contributed by atoms with Crippen LogP contribution in [-0.2, 0) is 6.42 Å². The molecule has 0 saturated heterocycles. The normalized spacial score (nSPS) is 10.4. The van der Waals surface area contributed by atoms with Gasteiger partial charge in [0.1, 0.15) is 5.82 Å². The fourth-order valence-electron chi connectivity index (χ4n) is 2.00. The maximum atomic E-state index is 12.3. The monoisotopic (exact) mass is 347 g/mol. The Bertz CT molecular complexity index is 671. The van der Waals surface area contributed by atoms with Crippen LogP contribution in [0.25, 0.3) is 0 Å². The van der Waals surface area contributed by atoms with Gasteiger partial charge in [0.05, 0.1) is 0 Å². The highest BCUT2D eigenvalue weighted by Gasteiger charge is 2.10. The number of rotatable bonds is 4. The van der Waals surface area contributed by atoms with Crippen molar-refractivity contribution in [3.63, 3.8) is 0 Å². The zero-order valence-electron chi connectivity index (χ0n) is 12.1. The maximum absolute atomic E-state index is 12.3. The predicted octanol–water partition coefficient (Wildman–Crippen LogP) is 3.94. The lowest BCUT2D eigenvalue weighted by atomic mass is 10.1. The number of carbonyl (C=O) groups excluding carboxylic acids is 1. The molecular formula is C16H18BrN3O. The van der Waals surface area contributed by atoms with E-state index >= 15 is 0 Å². The number of carbonyl (C=O) groups is 1. The van der Waals surface area contributed by atoms with Crippen LogP contribution in [0.2, 0.25) is 0 Å². The van der Waals surface area contributed by atoms with Gasteiger partial charge in [-0.2, -0.15) is 0 Å². The van der Waals surface area contributed by atoms with Crippen LogP contribution >= 0.6 is 15.9 Å². The van der Waals surface area contributed by atoms with E-state index in [1.165, 1.54) is 0 Å². The molecule has 0 fully saturated rings. The first-order valence-corrected chi connectivity index (χ1v) is 7.63. The van der Waals surface area contributed by atoms with E-state index in [9.17, 15) is 4.79 Å². The van der Waals surface area contributed by atoms with Gasteiger partial charge in [-0.1, -0.05) is 35.3 Å². The first kappa shape index (κ1) is 15.5. The first-order valence-electron chi connectivity index (χ1n) is 6.83. The van der Waals surface area contributed by atoms with E-state index in [4.69, 9.17) is 5.73 Å². The summed E-state index contributed by atoms with van der Waals surface area (Å²) < 4.78 is 0.959. The van der Waals surface area contributed by atoms with Crippen molar-refractivity contribution in [1.82, 2.24) is 4.98 Å². The molecule has 21 heavy (non-hydrogen) atoms. The van der Waals surface area contributed by atoms with Crippen molar-refractivity contribution in [2.75, 3.05) is 11.1 Å². The van der Waals surface area contributed by atoms with Gasteiger partial charge >= 0.3 is 0 Å². The quantitative estimate of drug-likeness (QED) is 0.879. The highest BCUT2D eigenvalue weighted by atomic mass is 79.9. The molecule has 2 rings (SSSR count). The Hall–Kier alpha value is -1.88. The van der Waals surface area contributed by atoms with Crippen molar-refractivity contribution in [2.45, 2.75) is 26.7 Å². The Kier molecular flexibility index (Phi) is 4.96. The van der Waals surface area contributed by atoms with Crippen molar-refractivity contribution >= 4 is 33.3 Å². The summed E-state index contributed by atoms with van der Waals surface area (Å²) in [6.07, 6.45) is 1.77. The van der Waals surface area contributed by atoms with Crippen LogP contribution in [0.4, 0.5) is 11.5 Å². The molecule has 0 unspecified atom stereocenters. The largest absolute Gasteiger partial charge is 0.384 e. The van der Waals surface area contributed by atoms with Crippen LogP contribution in [0.5, 0.6) is 0 Å². The molecule has 1 aromatic heterocycles. The molecule has 0 aliphatic heterocycles. The smallest absolute Gasteiger partial charge is 0.255 e. The molecule has 0 aliphatic carbocycles. The van der Waals surface area contributed by atoms with Crippen LogP contribution in [0, 0.1) is 6.92 Å². The molecule has 0 aliphatic rings. The number of benzene rings is 1. The Balaban J connectivity index is 2.21. The highest BCUT2D eigenvalue weighted by Crippen LogP contribution is 2.21. The summed E-state index contributed by atoms with van der Waals surface area (Å²) in [6, 6.07) is 9.08. The molecule has 1 heterocycles. The molecule has 3 N–H and O–H groups in total. The Labute approximate surface area is 132 Å². The molecule has 0 atom stereocenters. The van der Waals surface area contributed by atoms with Crippen molar-refractivity contribution in [2.24, 2.45) is 0 Å². The predicted molar refractivity (Wildman–Crippen MR) is 89.5 cm³/mol. The van der Waals surface area contributed by atoms with Gasteiger partial charge in [0, 0.05) is 21.4 Å². The van der Waals surface area contributed by atoms with Gasteiger partial charge in [-0.05, 0) is 43.2 Å². The van der Waals surface area contributed by atoms with Crippen molar-refractivity contribution in [3.05, 3.63) is 51.6 Å². The molecule has 0 saturated carbocycles. The third-order valence-corrected chi connectivity index (χ3v) is 3.95. The molecule has 4 nitrogen and oxygen atoms in total. The highest BCUT2D eigenvalue weighted by molar-refractivity contribution is 9.10. The second-order valence-electron chi connectivity index (χ2n) is 4.94. The van der Waals surface area contributed by atoms with Crippen LogP contribution in [0.15, 0.2) is 34.8 Å². The lowest BCUT2D eigenvalue weighted by Crippen LogP contribution is -2.13. The summed E-state index contributed by atoms with van der Waals surface area (Å²) in [5.41, 5.74) is 8.99. The summed E-state index contributed by atoms with van der Waals surface area (Å²) in [6.45, 7) is 4.06. The standard InChI is InChI=1S/C16H18BrN3O/c1-3-4-12-7-11(8-15(18)19-12)16(21)20-13-6-5-10(2)14(17)9-13/h5-9H,3-4H2,1-2H3,(H2,18,19)(H,20,21). The molecule has 110 valence electrons. The molecule has 5 heteroatoms. The van der Waals surface area contributed by atoms with Gasteiger partial charge in [-0.25, -0.2) is 4.98 Å². The summed E-state index contributed by atoms with van der Waals surface area (Å²) >= 11 is 3.45.